The van der Waals surface area contributed by atoms with Gasteiger partial charge in [-0.25, -0.2) is 0 Å². The van der Waals surface area contributed by atoms with E-state index in [4.69, 9.17) is 0 Å². The molecule has 20 heavy (non-hydrogen) atoms. The highest BCUT2D eigenvalue weighted by atomic mass is 32.2. The van der Waals surface area contributed by atoms with Crippen molar-refractivity contribution in [2.24, 2.45) is 0 Å². The first-order chi connectivity index (χ1) is 9.07. The number of halogens is 6. The molecule has 2 aromatic rings. The van der Waals surface area contributed by atoms with Crippen molar-refractivity contribution in [1.29, 1.82) is 0 Å². The van der Waals surface area contributed by atoms with Gasteiger partial charge in [-0.1, -0.05) is 11.3 Å². The lowest BCUT2D eigenvalue weighted by Crippen LogP contribution is -2.11. The van der Waals surface area contributed by atoms with Crippen molar-refractivity contribution in [3.8, 4) is 10.6 Å². The Kier molecular flexibility index (Phi) is 3.71. The van der Waals surface area contributed by atoms with E-state index in [2.05, 4.69) is 22.8 Å². The smallest absolute Gasteiger partial charge is 0.166 e. The van der Waals surface area contributed by atoms with E-state index in [0.717, 1.165) is 11.3 Å². The topological polar surface area (TPSA) is 25.8 Å². The van der Waals surface area contributed by atoms with Crippen LogP contribution in [0.15, 0.2) is 22.5 Å². The summed E-state index contributed by atoms with van der Waals surface area (Å²) in [5.74, 6) is 0. The quantitative estimate of drug-likeness (QED) is 0.614. The highest BCUT2D eigenvalue weighted by Crippen LogP contribution is 2.39. The van der Waals surface area contributed by atoms with Gasteiger partial charge < -0.3 is 0 Å². The van der Waals surface area contributed by atoms with Gasteiger partial charge in [0.05, 0.1) is 11.1 Å². The number of nitrogens with zero attached hydrogens (tertiary/aromatic N) is 2. The number of hydrogen-bond acceptors (Lipinski definition) is 4. The molecule has 10 heteroatoms. The summed E-state index contributed by atoms with van der Waals surface area (Å²) in [5, 5.41) is 6.87. The van der Waals surface area contributed by atoms with E-state index < -0.39 is 23.5 Å². The Morgan fingerprint density at radius 1 is 0.850 bits per heavy atom. The lowest BCUT2D eigenvalue weighted by molar-refractivity contribution is -0.143. The van der Waals surface area contributed by atoms with Crippen LogP contribution in [0.5, 0.6) is 0 Å². The van der Waals surface area contributed by atoms with Crippen LogP contribution < -0.4 is 0 Å². The van der Waals surface area contributed by atoms with E-state index in [1.165, 1.54) is 0 Å². The van der Waals surface area contributed by atoms with Crippen molar-refractivity contribution in [2.75, 3.05) is 0 Å². The number of hydrogen-bond donors (Lipinski definition) is 1. The molecule has 108 valence electrons. The van der Waals surface area contributed by atoms with Crippen LogP contribution in [-0.2, 0) is 12.4 Å². The second kappa shape index (κ2) is 4.92. The summed E-state index contributed by atoms with van der Waals surface area (Å²) < 4.78 is 76.0. The average Bonchev–Trinajstić information content (AvgIpc) is 2.73. The summed E-state index contributed by atoms with van der Waals surface area (Å²) in [6, 6.07) is 1.26. The van der Waals surface area contributed by atoms with Crippen molar-refractivity contribution in [3.63, 3.8) is 0 Å². The molecule has 0 aliphatic carbocycles. The van der Waals surface area contributed by atoms with Crippen molar-refractivity contribution < 1.29 is 26.3 Å². The Bertz CT molecular complexity index is 599. The first-order valence-corrected chi connectivity index (χ1v) is 6.16. The molecule has 1 aromatic carbocycles. The lowest BCUT2D eigenvalue weighted by Gasteiger charge is -2.13. The molecule has 0 atom stereocenters. The van der Waals surface area contributed by atoms with Crippen LogP contribution in [0.4, 0.5) is 26.3 Å². The second-order valence-corrected chi connectivity index (χ2v) is 5.39. The van der Waals surface area contributed by atoms with Gasteiger partial charge in [0.25, 0.3) is 0 Å². The average molecular weight is 330 g/mol. The van der Waals surface area contributed by atoms with Crippen molar-refractivity contribution in [2.45, 2.75) is 16.7 Å². The minimum Gasteiger partial charge on any atom is -0.166 e. The minimum atomic E-state index is -4.88. The van der Waals surface area contributed by atoms with Gasteiger partial charge in [-0.2, -0.15) is 26.3 Å². The Hall–Kier alpha value is -1.29. The Balaban J connectivity index is 2.63. The van der Waals surface area contributed by atoms with Crippen molar-refractivity contribution >= 4 is 24.0 Å². The summed E-state index contributed by atoms with van der Waals surface area (Å²) in [6.07, 6.45) is -9.77. The lowest BCUT2D eigenvalue weighted by atomic mass is 10.1. The molecule has 1 heterocycles. The summed E-state index contributed by atoms with van der Waals surface area (Å²) in [4.78, 5) is 0. The zero-order valence-corrected chi connectivity index (χ0v) is 11.0. The third-order valence-corrected chi connectivity index (χ3v) is 3.39. The van der Waals surface area contributed by atoms with Gasteiger partial charge in [0.15, 0.2) is 4.34 Å². The van der Waals surface area contributed by atoms with Gasteiger partial charge in [-0.05, 0) is 18.2 Å². The van der Waals surface area contributed by atoms with E-state index in [1.54, 1.807) is 0 Å². The van der Waals surface area contributed by atoms with Crippen LogP contribution in [-0.4, -0.2) is 10.2 Å². The van der Waals surface area contributed by atoms with Crippen LogP contribution in [0, 0.1) is 0 Å². The SMILES string of the molecule is FC(F)(F)c1cc(-c2nnc(S)s2)cc(C(F)(F)F)c1. The molecule has 0 saturated carbocycles. The molecule has 0 unspecified atom stereocenters. The summed E-state index contributed by atoms with van der Waals surface area (Å²) >= 11 is 4.61. The molecule has 0 amide bonds. The van der Waals surface area contributed by atoms with E-state index >= 15 is 0 Å². The van der Waals surface area contributed by atoms with E-state index in [1.807, 2.05) is 0 Å². The molecule has 2 nitrogen and oxygen atoms in total. The number of alkyl halides is 6. The van der Waals surface area contributed by atoms with Crippen molar-refractivity contribution in [1.82, 2.24) is 10.2 Å². The first kappa shape index (κ1) is 15.1. The number of rotatable bonds is 1. The van der Waals surface area contributed by atoms with Gasteiger partial charge in [0.1, 0.15) is 5.01 Å². The molecule has 0 N–H and O–H groups in total. The molecule has 0 saturated heterocycles. The van der Waals surface area contributed by atoms with Gasteiger partial charge in [0.2, 0.25) is 0 Å². The van der Waals surface area contributed by atoms with E-state index in [9.17, 15) is 26.3 Å². The van der Waals surface area contributed by atoms with Crippen LogP contribution in [0.3, 0.4) is 0 Å². The zero-order chi connectivity index (χ0) is 15.1. The first-order valence-electron chi connectivity index (χ1n) is 4.90. The Labute approximate surface area is 117 Å². The normalized spacial score (nSPS) is 12.8. The molecule has 0 fully saturated rings. The monoisotopic (exact) mass is 330 g/mol. The van der Waals surface area contributed by atoms with Gasteiger partial charge in [0, 0.05) is 5.56 Å². The zero-order valence-electron chi connectivity index (χ0n) is 9.25. The minimum absolute atomic E-state index is 0.0616. The molecule has 0 aliphatic rings. The third-order valence-electron chi connectivity index (χ3n) is 2.25. The summed E-state index contributed by atoms with van der Waals surface area (Å²) in [7, 11) is 0. The fraction of sp³-hybridized carbons (Fsp3) is 0.200. The Morgan fingerprint density at radius 3 is 1.70 bits per heavy atom. The predicted molar refractivity (Wildman–Crippen MR) is 62.6 cm³/mol. The molecule has 0 aliphatic heterocycles. The maximum absolute atomic E-state index is 12.6. The Morgan fingerprint density at radius 2 is 1.35 bits per heavy atom. The molecule has 2 rings (SSSR count). The molecule has 0 radical (unpaired) electrons. The van der Waals surface area contributed by atoms with Crippen molar-refractivity contribution in [3.05, 3.63) is 29.3 Å². The molecular formula is C10H4F6N2S2. The largest absolute Gasteiger partial charge is 0.416 e. The van der Waals surface area contributed by atoms with Crippen LogP contribution >= 0.6 is 24.0 Å². The van der Waals surface area contributed by atoms with Crippen LogP contribution in [0.2, 0.25) is 0 Å². The van der Waals surface area contributed by atoms with E-state index in [-0.39, 0.29) is 21.0 Å². The number of thiol groups is 1. The van der Waals surface area contributed by atoms with Gasteiger partial charge >= 0.3 is 12.4 Å². The third kappa shape index (κ3) is 3.23. The maximum atomic E-state index is 12.6. The van der Waals surface area contributed by atoms with Crippen LogP contribution in [0.1, 0.15) is 11.1 Å². The second-order valence-electron chi connectivity index (χ2n) is 3.68. The molecular weight excluding hydrogens is 326 g/mol. The highest BCUT2D eigenvalue weighted by Gasteiger charge is 2.37. The van der Waals surface area contributed by atoms with Gasteiger partial charge in [-0.3, -0.25) is 0 Å². The molecule has 1 aromatic heterocycles. The fourth-order valence-electron chi connectivity index (χ4n) is 1.41. The fourth-order valence-corrected chi connectivity index (χ4v) is 2.29. The number of benzene rings is 1. The van der Waals surface area contributed by atoms with Crippen LogP contribution in [0.25, 0.3) is 10.6 Å². The molecule has 0 bridgehead atoms. The summed E-state index contributed by atoms with van der Waals surface area (Å²) in [5.41, 5.74) is -3.08. The number of aromatic nitrogens is 2. The predicted octanol–water partition coefficient (Wildman–Crippen LogP) is 4.53. The molecule has 0 spiro atoms. The van der Waals surface area contributed by atoms with Gasteiger partial charge in [-0.15, -0.1) is 22.8 Å². The standard InChI is InChI=1S/C10H4F6N2S2/c11-9(12,13)5-1-4(7-17-18-8(19)20-7)2-6(3-5)10(14,15)16/h1-3H,(H,18,19). The van der Waals surface area contributed by atoms with E-state index in [0.29, 0.717) is 12.1 Å². The highest BCUT2D eigenvalue weighted by molar-refractivity contribution is 7.82. The summed E-state index contributed by atoms with van der Waals surface area (Å²) in [6.45, 7) is 0. The maximum Gasteiger partial charge on any atom is 0.416 e.